The van der Waals surface area contributed by atoms with Gasteiger partial charge in [-0.2, -0.15) is 0 Å². The molecule has 106 valence electrons. The number of ketones is 1. The van der Waals surface area contributed by atoms with Crippen LogP contribution in [0.2, 0.25) is 0 Å². The first-order chi connectivity index (χ1) is 9.81. The van der Waals surface area contributed by atoms with E-state index in [4.69, 9.17) is 5.39 Å². The van der Waals surface area contributed by atoms with Crippen molar-refractivity contribution in [3.05, 3.63) is 58.6 Å². The summed E-state index contributed by atoms with van der Waals surface area (Å²) in [7, 11) is -6.00. The van der Waals surface area contributed by atoms with Crippen molar-refractivity contribution in [2.24, 2.45) is 0 Å². The molecule has 0 atom stereocenters. The number of benzene rings is 2. The van der Waals surface area contributed by atoms with Gasteiger partial charge in [-0.05, 0) is 17.2 Å². The van der Waals surface area contributed by atoms with Gasteiger partial charge in [0.05, 0.1) is 0 Å². The lowest BCUT2D eigenvalue weighted by molar-refractivity contribution is 0.104. The molecule has 0 saturated heterocycles. The van der Waals surface area contributed by atoms with E-state index in [-0.39, 0.29) is 5.78 Å². The summed E-state index contributed by atoms with van der Waals surface area (Å²) in [6, 6.07) is 12.6. The Morgan fingerprint density at radius 3 is 1.95 bits per heavy atom. The number of fused-ring (bicyclic) bond motifs is 3. The molecule has 0 aliphatic heterocycles. The van der Waals surface area contributed by atoms with Gasteiger partial charge in [-0.15, -0.1) is 0 Å². The van der Waals surface area contributed by atoms with Crippen molar-refractivity contribution in [2.45, 2.75) is 0 Å². The summed E-state index contributed by atoms with van der Waals surface area (Å²) in [5.74, 6) is -0.00361. The van der Waals surface area contributed by atoms with Crippen LogP contribution in [0.3, 0.4) is 0 Å². The average molecular weight is 294 g/mol. The Bertz CT molecular complexity index is 747. The number of nitrogens with zero attached hydrogens (tertiary/aromatic N) is 2. The quantitative estimate of drug-likeness (QED) is 0.343. The largest absolute Gasteiger partial charge is 0.673 e. The second-order valence-electron chi connectivity index (χ2n) is 4.20. The van der Waals surface area contributed by atoms with Crippen LogP contribution in [0, 0.1) is 5.39 Å². The van der Waals surface area contributed by atoms with Crippen LogP contribution in [0.1, 0.15) is 15.9 Å². The van der Waals surface area contributed by atoms with Gasteiger partial charge in [-0.25, -0.2) is 0 Å². The molecule has 3 nitrogen and oxygen atoms in total. The van der Waals surface area contributed by atoms with E-state index >= 15 is 0 Å². The molecule has 0 saturated carbocycles. The molecule has 3 rings (SSSR count). The van der Waals surface area contributed by atoms with Crippen LogP contribution >= 0.6 is 0 Å². The van der Waals surface area contributed by atoms with E-state index in [1.165, 1.54) is 0 Å². The maximum absolute atomic E-state index is 12.0. The maximum atomic E-state index is 12.0. The van der Waals surface area contributed by atoms with Gasteiger partial charge in [-0.3, -0.25) is 4.79 Å². The van der Waals surface area contributed by atoms with Gasteiger partial charge in [0.1, 0.15) is 0 Å². The van der Waals surface area contributed by atoms with Crippen molar-refractivity contribution in [3.63, 3.8) is 0 Å². The van der Waals surface area contributed by atoms with Crippen molar-refractivity contribution in [1.29, 1.82) is 5.39 Å². The molecule has 21 heavy (non-hydrogen) atoms. The van der Waals surface area contributed by atoms with Crippen LogP contribution in [-0.4, -0.2) is 13.0 Å². The van der Waals surface area contributed by atoms with Gasteiger partial charge >= 0.3 is 12.9 Å². The number of diazo groups is 1. The van der Waals surface area contributed by atoms with Gasteiger partial charge < -0.3 is 17.3 Å². The van der Waals surface area contributed by atoms with Gasteiger partial charge in [-0.1, -0.05) is 24.3 Å². The number of halogens is 4. The number of hydrogen-bond acceptors (Lipinski definition) is 2. The third-order valence-corrected chi connectivity index (χ3v) is 2.83. The van der Waals surface area contributed by atoms with Crippen molar-refractivity contribution >= 4 is 18.7 Å². The van der Waals surface area contributed by atoms with Gasteiger partial charge in [0.25, 0.3) is 0 Å². The van der Waals surface area contributed by atoms with Crippen LogP contribution in [0.5, 0.6) is 0 Å². The molecule has 2 aromatic carbocycles. The lowest BCUT2D eigenvalue weighted by Crippen LogP contribution is -2.02. The second-order valence-corrected chi connectivity index (χ2v) is 4.20. The molecule has 0 fully saturated rings. The predicted molar refractivity (Wildman–Crippen MR) is 70.2 cm³/mol. The van der Waals surface area contributed by atoms with E-state index in [1.54, 1.807) is 12.1 Å². The Labute approximate surface area is 116 Å². The van der Waals surface area contributed by atoms with E-state index in [1.807, 2.05) is 30.3 Å². The van der Waals surface area contributed by atoms with Crippen molar-refractivity contribution in [2.75, 3.05) is 0 Å². The van der Waals surface area contributed by atoms with E-state index in [2.05, 4.69) is 4.98 Å². The molecule has 2 aromatic rings. The zero-order chi connectivity index (χ0) is 15.6. The molecule has 1 aliphatic rings. The van der Waals surface area contributed by atoms with Crippen LogP contribution in [-0.2, 0) is 0 Å². The highest BCUT2D eigenvalue weighted by Gasteiger charge is 2.28. The van der Waals surface area contributed by atoms with Gasteiger partial charge in [0.2, 0.25) is 5.39 Å². The molecular weight excluding hydrogens is 287 g/mol. The molecule has 0 unspecified atom stereocenters. The summed E-state index contributed by atoms with van der Waals surface area (Å²) in [6.07, 6.45) is 0. The highest BCUT2D eigenvalue weighted by atomic mass is 19.5. The number of carbonyl (C=O) groups is 1. The molecule has 0 N–H and O–H groups in total. The number of hydrogen-bond donors (Lipinski definition) is 0. The summed E-state index contributed by atoms with van der Waals surface area (Å²) in [6.45, 7) is 0. The monoisotopic (exact) mass is 294 g/mol. The van der Waals surface area contributed by atoms with Crippen molar-refractivity contribution in [1.82, 2.24) is 0 Å². The molecule has 0 spiro atoms. The highest BCUT2D eigenvalue weighted by molar-refractivity contribution is 6.50. The minimum Gasteiger partial charge on any atom is -0.418 e. The lowest BCUT2D eigenvalue weighted by atomic mass is 10.1. The summed E-state index contributed by atoms with van der Waals surface area (Å²) in [5, 5.41) is 8.69. The van der Waals surface area contributed by atoms with E-state index < -0.39 is 7.25 Å². The Morgan fingerprint density at radius 2 is 1.38 bits per heavy atom. The predicted octanol–water partition coefficient (Wildman–Crippen LogP) is 4.68. The van der Waals surface area contributed by atoms with Gasteiger partial charge in [0, 0.05) is 23.3 Å². The first-order valence-electron chi connectivity index (χ1n) is 5.82. The molecule has 0 radical (unpaired) electrons. The van der Waals surface area contributed by atoms with E-state index in [9.17, 15) is 22.1 Å². The molecule has 1 aliphatic carbocycles. The Balaban J connectivity index is 0.000000282. The van der Waals surface area contributed by atoms with Crippen LogP contribution in [0.4, 0.5) is 23.0 Å². The minimum absolute atomic E-state index is 0.00361. The van der Waals surface area contributed by atoms with Gasteiger partial charge in [0.15, 0.2) is 10.8 Å². The summed E-state index contributed by atoms with van der Waals surface area (Å²) >= 11 is 0. The van der Waals surface area contributed by atoms with E-state index in [0.717, 1.165) is 11.1 Å². The zero-order valence-corrected chi connectivity index (χ0v) is 10.4. The molecule has 0 bridgehead atoms. The van der Waals surface area contributed by atoms with Crippen LogP contribution in [0.25, 0.3) is 16.1 Å². The van der Waals surface area contributed by atoms with Crippen molar-refractivity contribution < 1.29 is 22.1 Å². The van der Waals surface area contributed by atoms with Crippen molar-refractivity contribution in [3.8, 4) is 11.1 Å². The third kappa shape index (κ3) is 3.26. The molecule has 0 heterocycles. The lowest BCUT2D eigenvalue weighted by Gasteiger charge is -1.95. The smallest absolute Gasteiger partial charge is 0.418 e. The standard InChI is InChI=1S/C13H7N2O.BF4/c14-15-8-5-6-10-9-3-1-2-4-11(9)13(16)12(10)7-8;2-1(3,4)5/h1-7H;/q+1;-1. The first kappa shape index (κ1) is 14.7. The fourth-order valence-corrected chi connectivity index (χ4v) is 2.08. The normalized spacial score (nSPS) is 11.9. The maximum Gasteiger partial charge on any atom is 0.673 e. The molecular formula is C13H7BF4N2O. The molecule has 0 amide bonds. The third-order valence-electron chi connectivity index (χ3n) is 2.83. The fraction of sp³-hybridized carbons (Fsp3) is 0. The topological polar surface area (TPSA) is 45.2 Å². The number of carbonyl (C=O) groups excluding carboxylic acids is 1. The summed E-state index contributed by atoms with van der Waals surface area (Å²) in [5.41, 5.74) is 3.59. The Kier molecular flexibility index (Phi) is 3.76. The first-order valence-corrected chi connectivity index (χ1v) is 5.82. The molecule has 8 heteroatoms. The Hall–Kier alpha value is -2.69. The Morgan fingerprint density at radius 1 is 0.857 bits per heavy atom. The highest BCUT2D eigenvalue weighted by Crippen LogP contribution is 2.37. The minimum atomic E-state index is -6.00. The SMILES string of the molecule is F[B-](F)(F)F.N#[N+]c1ccc2c(c1)C(=O)c1ccccc1-2. The average Bonchev–Trinajstić information content (AvgIpc) is 2.71. The number of rotatable bonds is 0. The summed E-state index contributed by atoms with van der Waals surface area (Å²) in [4.78, 5) is 15.1. The summed E-state index contributed by atoms with van der Waals surface area (Å²) < 4.78 is 39.0. The van der Waals surface area contributed by atoms with E-state index in [0.29, 0.717) is 16.8 Å². The second kappa shape index (κ2) is 5.36. The van der Waals surface area contributed by atoms with Crippen LogP contribution in [0.15, 0.2) is 42.5 Å². The zero-order valence-electron chi connectivity index (χ0n) is 10.4. The fourth-order valence-electron chi connectivity index (χ4n) is 2.08. The van der Waals surface area contributed by atoms with Crippen LogP contribution < -0.4 is 0 Å². The molecule has 0 aromatic heterocycles.